The lowest BCUT2D eigenvalue weighted by molar-refractivity contribution is -0.145. The molecule has 0 atom stereocenters. The predicted molar refractivity (Wildman–Crippen MR) is 99.0 cm³/mol. The SMILES string of the molecule is COc1ccc(N2CCN(C(=O)C3CC4(CCNCC4)C3)CC2)cc1. The van der Waals surface area contributed by atoms with E-state index in [1.54, 1.807) is 7.11 Å². The summed E-state index contributed by atoms with van der Waals surface area (Å²) in [5.41, 5.74) is 1.70. The Labute approximate surface area is 150 Å². The van der Waals surface area contributed by atoms with Crippen LogP contribution >= 0.6 is 0 Å². The maximum Gasteiger partial charge on any atom is 0.225 e. The van der Waals surface area contributed by atoms with Gasteiger partial charge in [-0.05, 0) is 68.5 Å². The summed E-state index contributed by atoms with van der Waals surface area (Å²) in [5.74, 6) is 1.57. The van der Waals surface area contributed by atoms with E-state index in [0.29, 0.717) is 11.3 Å². The van der Waals surface area contributed by atoms with Crippen molar-refractivity contribution in [1.82, 2.24) is 10.2 Å². The number of carbonyl (C=O) groups excluding carboxylic acids is 1. The molecular formula is C20H29N3O2. The third-order valence-electron chi connectivity index (χ3n) is 6.40. The van der Waals surface area contributed by atoms with Gasteiger partial charge < -0.3 is 19.9 Å². The molecule has 1 amide bonds. The summed E-state index contributed by atoms with van der Waals surface area (Å²) in [6.07, 6.45) is 4.74. The molecule has 1 aromatic carbocycles. The van der Waals surface area contributed by atoms with Crippen molar-refractivity contribution in [2.45, 2.75) is 25.7 Å². The number of hydrogen-bond donors (Lipinski definition) is 1. The number of piperidine rings is 1. The fraction of sp³-hybridized carbons (Fsp3) is 0.650. The summed E-state index contributed by atoms with van der Waals surface area (Å²) < 4.78 is 5.22. The number of nitrogens with zero attached hydrogens (tertiary/aromatic N) is 2. The highest BCUT2D eigenvalue weighted by molar-refractivity contribution is 5.80. The monoisotopic (exact) mass is 343 g/mol. The van der Waals surface area contributed by atoms with E-state index in [-0.39, 0.29) is 5.92 Å². The number of ether oxygens (including phenoxy) is 1. The molecule has 2 saturated heterocycles. The van der Waals surface area contributed by atoms with Gasteiger partial charge in [0.15, 0.2) is 0 Å². The van der Waals surface area contributed by atoms with Crippen LogP contribution in [0.25, 0.3) is 0 Å². The molecule has 2 heterocycles. The van der Waals surface area contributed by atoms with Crippen LogP contribution in [0.4, 0.5) is 5.69 Å². The first kappa shape index (κ1) is 16.7. The molecule has 0 aromatic heterocycles. The number of benzene rings is 1. The van der Waals surface area contributed by atoms with Crippen LogP contribution < -0.4 is 15.0 Å². The van der Waals surface area contributed by atoms with Crippen LogP contribution in [0.15, 0.2) is 24.3 Å². The number of nitrogens with one attached hydrogen (secondary N) is 1. The van der Waals surface area contributed by atoms with Gasteiger partial charge in [0, 0.05) is 37.8 Å². The molecule has 0 radical (unpaired) electrons. The Morgan fingerprint density at radius 2 is 1.72 bits per heavy atom. The normalized spacial score (nSPS) is 23.4. The van der Waals surface area contributed by atoms with Crippen LogP contribution in [0.1, 0.15) is 25.7 Å². The van der Waals surface area contributed by atoms with Crippen molar-refractivity contribution < 1.29 is 9.53 Å². The summed E-state index contributed by atoms with van der Waals surface area (Å²) in [4.78, 5) is 17.3. The minimum atomic E-state index is 0.283. The molecule has 1 saturated carbocycles. The number of piperazine rings is 1. The van der Waals surface area contributed by atoms with Crippen molar-refractivity contribution >= 4 is 11.6 Å². The molecule has 3 fully saturated rings. The van der Waals surface area contributed by atoms with Crippen LogP contribution in [0.5, 0.6) is 5.75 Å². The van der Waals surface area contributed by atoms with Gasteiger partial charge in [0.25, 0.3) is 0 Å². The van der Waals surface area contributed by atoms with Crippen LogP contribution in [-0.2, 0) is 4.79 Å². The standard InChI is InChI=1S/C20H29N3O2/c1-25-18-4-2-17(3-5-18)22-10-12-23(13-11-22)19(24)16-14-20(15-16)6-8-21-9-7-20/h2-5,16,21H,6-15H2,1H3. The van der Waals surface area contributed by atoms with Crippen molar-refractivity contribution in [2.75, 3.05) is 51.3 Å². The Morgan fingerprint density at radius 1 is 1.08 bits per heavy atom. The second kappa shape index (κ2) is 6.87. The highest BCUT2D eigenvalue weighted by Crippen LogP contribution is 2.52. The van der Waals surface area contributed by atoms with Gasteiger partial charge in [-0.2, -0.15) is 0 Å². The van der Waals surface area contributed by atoms with Gasteiger partial charge in [-0.1, -0.05) is 0 Å². The summed E-state index contributed by atoms with van der Waals surface area (Å²) in [5, 5.41) is 3.43. The van der Waals surface area contributed by atoms with Crippen LogP contribution in [0, 0.1) is 11.3 Å². The van der Waals surface area contributed by atoms with E-state index in [9.17, 15) is 4.79 Å². The Hall–Kier alpha value is -1.75. The number of hydrogen-bond acceptors (Lipinski definition) is 4. The van der Waals surface area contributed by atoms with Crippen molar-refractivity contribution in [3.8, 4) is 5.75 Å². The Bertz CT molecular complexity index is 594. The number of rotatable bonds is 3. The molecule has 2 aliphatic heterocycles. The molecule has 1 aromatic rings. The fourth-order valence-corrected chi connectivity index (χ4v) is 4.76. The highest BCUT2D eigenvalue weighted by Gasteiger charge is 2.48. The van der Waals surface area contributed by atoms with Gasteiger partial charge in [-0.3, -0.25) is 4.79 Å². The van der Waals surface area contributed by atoms with Crippen molar-refractivity contribution in [1.29, 1.82) is 0 Å². The Balaban J connectivity index is 1.27. The molecule has 136 valence electrons. The summed E-state index contributed by atoms with van der Waals surface area (Å²) in [7, 11) is 1.69. The minimum absolute atomic E-state index is 0.283. The lowest BCUT2D eigenvalue weighted by atomic mass is 9.57. The first-order valence-corrected chi connectivity index (χ1v) is 9.58. The largest absolute Gasteiger partial charge is 0.497 e. The topological polar surface area (TPSA) is 44.8 Å². The zero-order valence-corrected chi connectivity index (χ0v) is 15.2. The highest BCUT2D eigenvalue weighted by atomic mass is 16.5. The second-order valence-corrected chi connectivity index (χ2v) is 7.87. The zero-order valence-electron chi connectivity index (χ0n) is 15.2. The van der Waals surface area contributed by atoms with E-state index in [4.69, 9.17) is 4.74 Å². The third kappa shape index (κ3) is 3.34. The summed E-state index contributed by atoms with van der Waals surface area (Å²) in [6, 6.07) is 8.20. The van der Waals surface area contributed by atoms with E-state index >= 15 is 0 Å². The van der Waals surface area contributed by atoms with Gasteiger partial charge in [0.05, 0.1) is 7.11 Å². The molecule has 1 N–H and O–H groups in total. The van der Waals surface area contributed by atoms with Gasteiger partial charge >= 0.3 is 0 Å². The van der Waals surface area contributed by atoms with Gasteiger partial charge in [0.1, 0.15) is 5.75 Å². The van der Waals surface area contributed by atoms with Gasteiger partial charge in [0.2, 0.25) is 5.91 Å². The summed E-state index contributed by atoms with van der Waals surface area (Å²) in [6.45, 7) is 5.77. The van der Waals surface area contributed by atoms with Crippen molar-refractivity contribution in [3.05, 3.63) is 24.3 Å². The van der Waals surface area contributed by atoms with Crippen LogP contribution in [0.2, 0.25) is 0 Å². The van der Waals surface area contributed by atoms with Gasteiger partial charge in [-0.15, -0.1) is 0 Å². The smallest absolute Gasteiger partial charge is 0.225 e. The van der Waals surface area contributed by atoms with Crippen molar-refractivity contribution in [3.63, 3.8) is 0 Å². The molecule has 1 aliphatic carbocycles. The molecule has 25 heavy (non-hydrogen) atoms. The maximum absolute atomic E-state index is 12.8. The number of carbonyl (C=O) groups is 1. The second-order valence-electron chi connectivity index (χ2n) is 7.87. The number of methoxy groups -OCH3 is 1. The zero-order chi connectivity index (χ0) is 17.3. The molecule has 3 aliphatic rings. The third-order valence-corrected chi connectivity index (χ3v) is 6.40. The first-order chi connectivity index (χ1) is 12.2. The maximum atomic E-state index is 12.8. The number of anilines is 1. The lowest BCUT2D eigenvalue weighted by Crippen LogP contribution is -2.55. The lowest BCUT2D eigenvalue weighted by Gasteiger charge is -2.51. The Morgan fingerprint density at radius 3 is 2.32 bits per heavy atom. The van der Waals surface area contributed by atoms with E-state index in [2.05, 4.69) is 27.2 Å². The Kier molecular flexibility index (Phi) is 4.59. The van der Waals surface area contributed by atoms with E-state index in [1.165, 1.54) is 18.5 Å². The minimum Gasteiger partial charge on any atom is -0.497 e. The van der Waals surface area contributed by atoms with Crippen LogP contribution in [-0.4, -0.2) is 57.2 Å². The molecule has 4 rings (SSSR count). The number of amides is 1. The average Bonchev–Trinajstić information content (AvgIpc) is 2.66. The molecule has 5 nitrogen and oxygen atoms in total. The molecule has 0 bridgehead atoms. The summed E-state index contributed by atoms with van der Waals surface area (Å²) >= 11 is 0. The quantitative estimate of drug-likeness (QED) is 0.913. The van der Waals surface area contributed by atoms with Gasteiger partial charge in [-0.25, -0.2) is 0 Å². The molecule has 1 spiro atoms. The van der Waals surface area contributed by atoms with E-state index < -0.39 is 0 Å². The fourth-order valence-electron chi connectivity index (χ4n) is 4.76. The van der Waals surface area contributed by atoms with E-state index in [1.807, 2.05) is 12.1 Å². The predicted octanol–water partition coefficient (Wildman–Crippen LogP) is 2.12. The molecule has 0 unspecified atom stereocenters. The average molecular weight is 343 g/mol. The van der Waals surface area contributed by atoms with E-state index in [0.717, 1.165) is 57.9 Å². The van der Waals surface area contributed by atoms with Crippen molar-refractivity contribution in [2.24, 2.45) is 11.3 Å². The van der Waals surface area contributed by atoms with Crippen LogP contribution in [0.3, 0.4) is 0 Å². The molecular weight excluding hydrogens is 314 g/mol. The molecule has 5 heteroatoms. The first-order valence-electron chi connectivity index (χ1n) is 9.58.